The number of halogens is 1. The first-order chi connectivity index (χ1) is 9.49. The summed E-state index contributed by atoms with van der Waals surface area (Å²) >= 11 is 3.52. The van der Waals surface area contributed by atoms with Crippen LogP contribution in [0.3, 0.4) is 0 Å². The van der Waals surface area contributed by atoms with Crippen molar-refractivity contribution in [2.45, 2.75) is 13.5 Å². The zero-order valence-corrected chi connectivity index (χ0v) is 13.0. The van der Waals surface area contributed by atoms with E-state index >= 15 is 0 Å². The number of carbonyl (C=O) groups is 1. The zero-order valence-electron chi connectivity index (χ0n) is 11.4. The van der Waals surface area contributed by atoms with Crippen molar-refractivity contribution in [3.8, 4) is 5.75 Å². The summed E-state index contributed by atoms with van der Waals surface area (Å²) in [4.78, 5) is 13.3. The minimum Gasteiger partial charge on any atom is -0.507 e. The average Bonchev–Trinajstić information content (AvgIpc) is 2.40. The molecule has 0 aliphatic heterocycles. The molecule has 0 saturated carbocycles. The molecule has 0 bridgehead atoms. The highest BCUT2D eigenvalue weighted by molar-refractivity contribution is 9.10. The number of Topliss-reactive ketones (excluding diaryl/α,β-unsaturated/α-hetero) is 1. The van der Waals surface area contributed by atoms with E-state index in [2.05, 4.69) is 15.9 Å². The average molecular weight is 334 g/mol. The first-order valence-electron chi connectivity index (χ1n) is 6.27. The first-order valence-corrected chi connectivity index (χ1v) is 7.07. The largest absolute Gasteiger partial charge is 0.507 e. The Morgan fingerprint density at radius 3 is 2.55 bits per heavy atom. The Labute approximate surface area is 127 Å². The van der Waals surface area contributed by atoms with Crippen molar-refractivity contribution < 1.29 is 9.90 Å². The number of hydrogen-bond acceptors (Lipinski definition) is 3. The number of aromatic hydroxyl groups is 1. The summed E-state index contributed by atoms with van der Waals surface area (Å²) in [7, 11) is 1.95. The van der Waals surface area contributed by atoms with Crippen molar-refractivity contribution in [3.05, 3.63) is 58.1 Å². The van der Waals surface area contributed by atoms with Gasteiger partial charge in [0.25, 0.3) is 0 Å². The Hall–Kier alpha value is -1.81. The fourth-order valence-corrected chi connectivity index (χ4v) is 2.44. The van der Waals surface area contributed by atoms with Crippen molar-refractivity contribution in [1.29, 1.82) is 0 Å². The van der Waals surface area contributed by atoms with Crippen LogP contribution < -0.4 is 4.90 Å². The monoisotopic (exact) mass is 333 g/mol. The van der Waals surface area contributed by atoms with Crippen molar-refractivity contribution in [2.24, 2.45) is 0 Å². The van der Waals surface area contributed by atoms with Crippen molar-refractivity contribution in [1.82, 2.24) is 0 Å². The molecule has 0 fully saturated rings. The van der Waals surface area contributed by atoms with Gasteiger partial charge < -0.3 is 10.0 Å². The molecule has 20 heavy (non-hydrogen) atoms. The van der Waals surface area contributed by atoms with Gasteiger partial charge in [0.15, 0.2) is 5.78 Å². The third kappa shape index (κ3) is 3.20. The second-order valence-corrected chi connectivity index (χ2v) is 5.56. The van der Waals surface area contributed by atoms with Gasteiger partial charge in [0, 0.05) is 29.8 Å². The lowest BCUT2D eigenvalue weighted by Gasteiger charge is -2.20. The van der Waals surface area contributed by atoms with Crippen molar-refractivity contribution >= 4 is 27.4 Å². The molecule has 4 heteroatoms. The van der Waals surface area contributed by atoms with Crippen molar-refractivity contribution in [2.75, 3.05) is 11.9 Å². The smallest absolute Gasteiger partial charge is 0.163 e. The Balaban J connectivity index is 2.22. The van der Waals surface area contributed by atoms with E-state index in [-0.39, 0.29) is 11.5 Å². The lowest BCUT2D eigenvalue weighted by atomic mass is 10.1. The number of ketones is 1. The summed E-state index contributed by atoms with van der Waals surface area (Å²) in [5.41, 5.74) is 2.37. The van der Waals surface area contributed by atoms with E-state index in [1.165, 1.54) is 6.92 Å². The molecule has 0 heterocycles. The molecular formula is C16H16BrNO2. The van der Waals surface area contributed by atoms with Crippen LogP contribution in [0.25, 0.3) is 0 Å². The molecule has 0 aliphatic carbocycles. The van der Waals surface area contributed by atoms with Crippen LogP contribution in [0, 0.1) is 0 Å². The zero-order chi connectivity index (χ0) is 14.7. The van der Waals surface area contributed by atoms with Crippen LogP contribution in [0.5, 0.6) is 5.75 Å². The van der Waals surface area contributed by atoms with Gasteiger partial charge in [-0.15, -0.1) is 0 Å². The van der Waals surface area contributed by atoms with Gasteiger partial charge in [0.2, 0.25) is 0 Å². The molecule has 0 atom stereocenters. The minimum absolute atomic E-state index is 0.0222. The van der Waals surface area contributed by atoms with Crippen LogP contribution >= 0.6 is 15.9 Å². The van der Waals surface area contributed by atoms with Crippen molar-refractivity contribution in [3.63, 3.8) is 0 Å². The maximum Gasteiger partial charge on any atom is 0.163 e. The number of benzene rings is 2. The fraction of sp³-hybridized carbons (Fsp3) is 0.188. The molecule has 0 saturated heterocycles. The van der Waals surface area contributed by atoms with Gasteiger partial charge in [-0.05, 0) is 30.7 Å². The quantitative estimate of drug-likeness (QED) is 0.860. The van der Waals surface area contributed by atoms with Crippen LogP contribution in [-0.4, -0.2) is 17.9 Å². The number of hydrogen-bond donors (Lipinski definition) is 1. The topological polar surface area (TPSA) is 40.5 Å². The summed E-state index contributed by atoms with van der Waals surface area (Å²) < 4.78 is 1.05. The van der Waals surface area contributed by atoms with Crippen LogP contribution in [0.4, 0.5) is 5.69 Å². The van der Waals surface area contributed by atoms with Gasteiger partial charge in [0.1, 0.15) is 5.75 Å². The van der Waals surface area contributed by atoms with Gasteiger partial charge in [0.05, 0.1) is 5.56 Å². The summed E-state index contributed by atoms with van der Waals surface area (Å²) in [6.45, 7) is 2.15. The van der Waals surface area contributed by atoms with E-state index in [0.717, 1.165) is 15.7 Å². The maximum atomic E-state index is 11.3. The van der Waals surface area contributed by atoms with E-state index < -0.39 is 0 Å². The minimum atomic E-state index is -0.137. The highest BCUT2D eigenvalue weighted by Gasteiger charge is 2.10. The highest BCUT2D eigenvalue weighted by Crippen LogP contribution is 2.26. The number of carbonyl (C=O) groups excluding carboxylic acids is 1. The summed E-state index contributed by atoms with van der Waals surface area (Å²) in [6.07, 6.45) is 0. The van der Waals surface area contributed by atoms with E-state index in [4.69, 9.17) is 0 Å². The Kier molecular flexibility index (Phi) is 4.45. The summed E-state index contributed by atoms with van der Waals surface area (Å²) in [5.74, 6) is -0.114. The summed E-state index contributed by atoms with van der Waals surface area (Å²) in [5, 5.41) is 9.87. The molecule has 0 aromatic heterocycles. The Morgan fingerprint density at radius 2 is 1.95 bits per heavy atom. The van der Waals surface area contributed by atoms with Crippen LogP contribution in [0.1, 0.15) is 22.8 Å². The van der Waals surface area contributed by atoms with Crippen LogP contribution in [0.15, 0.2) is 46.9 Å². The van der Waals surface area contributed by atoms with E-state index in [0.29, 0.717) is 12.1 Å². The normalized spacial score (nSPS) is 10.3. The molecule has 1 N–H and O–H groups in total. The van der Waals surface area contributed by atoms with Gasteiger partial charge >= 0.3 is 0 Å². The second-order valence-electron chi connectivity index (χ2n) is 4.71. The van der Waals surface area contributed by atoms with Crippen LogP contribution in [-0.2, 0) is 6.54 Å². The molecule has 0 amide bonds. The molecule has 2 aromatic rings. The van der Waals surface area contributed by atoms with E-state index in [1.807, 2.05) is 42.3 Å². The summed E-state index contributed by atoms with van der Waals surface area (Å²) in [6, 6.07) is 13.1. The highest BCUT2D eigenvalue weighted by atomic mass is 79.9. The molecule has 0 spiro atoms. The Bertz CT molecular complexity index is 640. The number of phenolic OH excluding ortho intramolecular Hbond substituents is 1. The predicted molar refractivity (Wildman–Crippen MR) is 84.4 cm³/mol. The Morgan fingerprint density at radius 1 is 1.25 bits per heavy atom. The van der Waals surface area contributed by atoms with Gasteiger partial charge in [-0.1, -0.05) is 34.1 Å². The number of rotatable bonds is 4. The molecule has 0 radical (unpaired) electrons. The van der Waals surface area contributed by atoms with Gasteiger partial charge in [-0.25, -0.2) is 0 Å². The third-order valence-corrected chi connectivity index (χ3v) is 3.94. The molecule has 0 unspecified atom stereocenters. The number of nitrogens with zero attached hydrogens (tertiary/aromatic N) is 1. The molecule has 2 aromatic carbocycles. The number of anilines is 1. The molecule has 104 valence electrons. The SMILES string of the molecule is CC(=O)c1ccc(N(C)Cc2ccccc2Br)cc1O. The van der Waals surface area contributed by atoms with E-state index in [1.54, 1.807) is 12.1 Å². The fourth-order valence-electron chi connectivity index (χ4n) is 2.03. The molecular weight excluding hydrogens is 318 g/mol. The molecule has 3 nitrogen and oxygen atoms in total. The number of phenols is 1. The van der Waals surface area contributed by atoms with E-state index in [9.17, 15) is 9.90 Å². The maximum absolute atomic E-state index is 11.3. The lowest BCUT2D eigenvalue weighted by molar-refractivity contribution is 0.101. The lowest BCUT2D eigenvalue weighted by Crippen LogP contribution is -2.16. The van der Waals surface area contributed by atoms with Gasteiger partial charge in [-0.2, -0.15) is 0 Å². The predicted octanol–water partition coefficient (Wildman–Crippen LogP) is 3.99. The van der Waals surface area contributed by atoms with Gasteiger partial charge in [-0.3, -0.25) is 4.79 Å². The second kappa shape index (κ2) is 6.09. The molecule has 0 aliphatic rings. The standard InChI is InChI=1S/C16H16BrNO2/c1-11(19)14-8-7-13(9-16(14)20)18(2)10-12-5-3-4-6-15(12)17/h3-9,20H,10H2,1-2H3. The first kappa shape index (κ1) is 14.6. The third-order valence-electron chi connectivity index (χ3n) is 3.17. The van der Waals surface area contributed by atoms with Crippen LogP contribution in [0.2, 0.25) is 0 Å². The molecule has 2 rings (SSSR count).